The minimum absolute atomic E-state index is 0.562. The van der Waals surface area contributed by atoms with Gasteiger partial charge in [-0.15, -0.1) is 6.58 Å². The van der Waals surface area contributed by atoms with Crippen LogP contribution in [0.2, 0.25) is 0 Å². The lowest BCUT2D eigenvalue weighted by Crippen LogP contribution is -2.45. The van der Waals surface area contributed by atoms with E-state index in [0.717, 1.165) is 16.3 Å². The van der Waals surface area contributed by atoms with Gasteiger partial charge in [-0.25, -0.2) is 4.21 Å². The summed E-state index contributed by atoms with van der Waals surface area (Å²) < 4.78 is 19.5. The lowest BCUT2D eigenvalue weighted by molar-refractivity contribution is 0.141. The lowest BCUT2D eigenvalue weighted by Gasteiger charge is -2.27. The van der Waals surface area contributed by atoms with Crippen LogP contribution in [0, 0.1) is 0 Å². The quantitative estimate of drug-likeness (QED) is 0.844. The van der Waals surface area contributed by atoms with Gasteiger partial charge in [0, 0.05) is 6.42 Å². The summed E-state index contributed by atoms with van der Waals surface area (Å²) >= 11 is -1.55. The largest absolute Gasteiger partial charge is 0.254 e. The summed E-state index contributed by atoms with van der Waals surface area (Å²) in [5.74, 6) is 0. The van der Waals surface area contributed by atoms with Gasteiger partial charge in [0.1, 0.15) is 5.66 Å². The SMILES string of the molecule is C=CCC1(c2cccc3ccccc23)NOS(=O)N1. The molecule has 1 aliphatic rings. The third-order valence-electron chi connectivity index (χ3n) is 3.25. The second kappa shape index (κ2) is 4.86. The molecule has 2 atom stereocenters. The number of hydrogen-bond donors (Lipinski definition) is 2. The Morgan fingerprint density at radius 2 is 2.05 bits per heavy atom. The molecule has 0 aliphatic carbocycles. The molecule has 1 heterocycles. The maximum absolute atomic E-state index is 11.5. The summed E-state index contributed by atoms with van der Waals surface area (Å²) in [7, 11) is 0. The van der Waals surface area contributed by atoms with E-state index in [1.807, 2.05) is 42.5 Å². The van der Waals surface area contributed by atoms with Gasteiger partial charge < -0.3 is 0 Å². The molecule has 2 N–H and O–H groups in total. The van der Waals surface area contributed by atoms with E-state index in [2.05, 4.69) is 16.8 Å². The first-order valence-electron chi connectivity index (χ1n) is 5.98. The fourth-order valence-electron chi connectivity index (χ4n) is 2.41. The van der Waals surface area contributed by atoms with Crippen LogP contribution in [0.5, 0.6) is 0 Å². The van der Waals surface area contributed by atoms with Gasteiger partial charge in [-0.05, 0) is 16.3 Å². The zero-order valence-electron chi connectivity index (χ0n) is 10.3. The van der Waals surface area contributed by atoms with Crippen molar-refractivity contribution in [2.24, 2.45) is 0 Å². The molecule has 0 spiro atoms. The molecule has 0 aromatic heterocycles. The maximum atomic E-state index is 11.5. The summed E-state index contributed by atoms with van der Waals surface area (Å²) in [5, 5.41) is 2.22. The zero-order chi connectivity index (χ0) is 13.3. The van der Waals surface area contributed by atoms with Gasteiger partial charge in [-0.3, -0.25) is 0 Å². The molecule has 1 aliphatic heterocycles. The Bertz CT molecular complexity index is 653. The standard InChI is InChI=1S/C14H14N2O2S/c1-2-10-14(15-18-19(17)16-14)13-9-5-7-11-6-3-4-8-12(11)13/h2-9,15-16H,1,10H2. The molecule has 98 valence electrons. The van der Waals surface area contributed by atoms with Crippen molar-refractivity contribution in [2.45, 2.75) is 12.1 Å². The molecule has 2 aromatic rings. The van der Waals surface area contributed by atoms with E-state index in [0.29, 0.717) is 6.42 Å². The van der Waals surface area contributed by atoms with Crippen molar-refractivity contribution in [3.05, 3.63) is 60.7 Å². The predicted octanol–water partition coefficient (Wildman–Crippen LogP) is 2.27. The Kier molecular flexibility index (Phi) is 3.20. The molecule has 2 unspecified atom stereocenters. The fourth-order valence-corrected chi connectivity index (χ4v) is 3.19. The fraction of sp³-hybridized carbons (Fsp3) is 0.143. The molecule has 1 saturated heterocycles. The number of rotatable bonds is 3. The van der Waals surface area contributed by atoms with E-state index in [1.165, 1.54) is 0 Å². The van der Waals surface area contributed by atoms with Crippen LogP contribution in [0.3, 0.4) is 0 Å². The van der Waals surface area contributed by atoms with Gasteiger partial charge in [0.2, 0.25) is 0 Å². The van der Waals surface area contributed by atoms with E-state index >= 15 is 0 Å². The third kappa shape index (κ3) is 2.11. The molecule has 0 saturated carbocycles. The zero-order valence-corrected chi connectivity index (χ0v) is 11.1. The van der Waals surface area contributed by atoms with Crippen LogP contribution >= 0.6 is 0 Å². The van der Waals surface area contributed by atoms with E-state index in [1.54, 1.807) is 6.08 Å². The van der Waals surface area contributed by atoms with Crippen molar-refractivity contribution in [3.8, 4) is 0 Å². The Labute approximate surface area is 114 Å². The normalized spacial score (nSPS) is 26.6. The van der Waals surface area contributed by atoms with Crippen molar-refractivity contribution in [2.75, 3.05) is 0 Å². The molecule has 1 fully saturated rings. The highest BCUT2D eigenvalue weighted by Gasteiger charge is 2.40. The van der Waals surface area contributed by atoms with Gasteiger partial charge >= 0.3 is 0 Å². The molecule has 19 heavy (non-hydrogen) atoms. The molecular weight excluding hydrogens is 260 g/mol. The summed E-state index contributed by atoms with van der Waals surface area (Å²) in [6, 6.07) is 14.1. The second-order valence-corrected chi connectivity index (χ2v) is 5.29. The Morgan fingerprint density at radius 3 is 2.79 bits per heavy atom. The lowest BCUT2D eigenvalue weighted by atomic mass is 9.92. The molecule has 4 nitrogen and oxygen atoms in total. The highest BCUT2D eigenvalue weighted by molar-refractivity contribution is 7.78. The average molecular weight is 274 g/mol. The molecule has 0 bridgehead atoms. The van der Waals surface area contributed by atoms with Crippen molar-refractivity contribution >= 4 is 22.0 Å². The molecule has 2 aromatic carbocycles. The number of benzene rings is 2. The van der Waals surface area contributed by atoms with Gasteiger partial charge in [-0.2, -0.15) is 14.5 Å². The Balaban J connectivity index is 2.21. The Hall–Kier alpha value is -1.53. The summed E-state index contributed by atoms with van der Waals surface area (Å²) in [6.07, 6.45) is 2.33. The third-order valence-corrected chi connectivity index (χ3v) is 4.00. The number of hydrogen-bond acceptors (Lipinski definition) is 3. The monoisotopic (exact) mass is 274 g/mol. The average Bonchev–Trinajstić information content (AvgIpc) is 2.81. The topological polar surface area (TPSA) is 50.4 Å². The number of hydroxylamine groups is 1. The van der Waals surface area contributed by atoms with E-state index in [-0.39, 0.29) is 0 Å². The van der Waals surface area contributed by atoms with Crippen molar-refractivity contribution in [1.29, 1.82) is 0 Å². The van der Waals surface area contributed by atoms with Crippen LogP contribution in [-0.4, -0.2) is 4.21 Å². The van der Waals surface area contributed by atoms with Gasteiger partial charge in [-0.1, -0.05) is 48.5 Å². The van der Waals surface area contributed by atoms with Crippen molar-refractivity contribution in [1.82, 2.24) is 10.2 Å². The maximum Gasteiger partial charge on any atom is 0.254 e. The van der Waals surface area contributed by atoms with Crippen LogP contribution in [0.25, 0.3) is 10.8 Å². The van der Waals surface area contributed by atoms with Gasteiger partial charge in [0.25, 0.3) is 11.3 Å². The first kappa shape index (κ1) is 12.5. The number of nitrogens with one attached hydrogen (secondary N) is 2. The summed E-state index contributed by atoms with van der Waals surface area (Å²) in [6.45, 7) is 3.77. The van der Waals surface area contributed by atoms with Gasteiger partial charge in [0.15, 0.2) is 0 Å². The summed E-state index contributed by atoms with van der Waals surface area (Å²) in [5.41, 5.74) is 3.14. The minimum Gasteiger partial charge on any atom is -0.210 e. The predicted molar refractivity (Wildman–Crippen MR) is 75.9 cm³/mol. The van der Waals surface area contributed by atoms with Crippen molar-refractivity contribution < 1.29 is 8.49 Å². The van der Waals surface area contributed by atoms with Crippen LogP contribution in [-0.2, 0) is 21.2 Å². The first-order chi connectivity index (χ1) is 9.25. The molecule has 0 radical (unpaired) electrons. The highest BCUT2D eigenvalue weighted by Crippen LogP contribution is 2.32. The molecule has 3 rings (SSSR count). The van der Waals surface area contributed by atoms with Crippen LogP contribution < -0.4 is 10.2 Å². The molecule has 0 amide bonds. The number of fused-ring (bicyclic) bond motifs is 1. The van der Waals surface area contributed by atoms with E-state index < -0.39 is 16.9 Å². The molecular formula is C14H14N2O2S. The first-order valence-corrected chi connectivity index (χ1v) is 7.06. The van der Waals surface area contributed by atoms with Crippen LogP contribution in [0.1, 0.15) is 12.0 Å². The van der Waals surface area contributed by atoms with Crippen LogP contribution in [0.4, 0.5) is 0 Å². The minimum atomic E-state index is -1.55. The van der Waals surface area contributed by atoms with E-state index in [4.69, 9.17) is 4.28 Å². The second-order valence-electron chi connectivity index (χ2n) is 4.45. The highest BCUT2D eigenvalue weighted by atomic mass is 32.2. The van der Waals surface area contributed by atoms with E-state index in [9.17, 15) is 4.21 Å². The Morgan fingerprint density at radius 1 is 1.26 bits per heavy atom. The van der Waals surface area contributed by atoms with Crippen molar-refractivity contribution in [3.63, 3.8) is 0 Å². The summed E-state index contributed by atoms with van der Waals surface area (Å²) in [4.78, 5) is 0. The smallest absolute Gasteiger partial charge is 0.210 e. The van der Waals surface area contributed by atoms with Crippen LogP contribution in [0.15, 0.2) is 55.1 Å². The van der Waals surface area contributed by atoms with Gasteiger partial charge in [0.05, 0.1) is 0 Å². The molecule has 5 heteroatoms.